The molecule has 1 aliphatic rings. The monoisotopic (exact) mass is 312 g/mol. The minimum absolute atomic E-state index is 0.0563. The molecule has 3 heteroatoms. The van der Waals surface area contributed by atoms with Gasteiger partial charge in [0, 0.05) is 5.04 Å². The zero-order valence-electron chi connectivity index (χ0n) is 14.3. The Balaban J connectivity index is 2.35. The van der Waals surface area contributed by atoms with E-state index >= 15 is 0 Å². The molecule has 2 aromatic rings. The molecule has 0 aliphatic heterocycles. The highest BCUT2D eigenvalue weighted by Gasteiger charge is 2.48. The van der Waals surface area contributed by atoms with Crippen molar-refractivity contribution in [1.29, 1.82) is 0 Å². The largest absolute Gasteiger partial charge is 0.497 e. The van der Waals surface area contributed by atoms with Crippen LogP contribution in [0.5, 0.6) is 11.5 Å². The van der Waals surface area contributed by atoms with Gasteiger partial charge >= 0.3 is 0 Å². The normalized spacial score (nSPS) is 15.2. The van der Waals surface area contributed by atoms with E-state index in [1.54, 1.807) is 14.2 Å². The van der Waals surface area contributed by atoms with Crippen LogP contribution in [0.2, 0.25) is 19.6 Å². The van der Waals surface area contributed by atoms with Crippen LogP contribution in [0.15, 0.2) is 36.4 Å². The summed E-state index contributed by atoms with van der Waals surface area (Å²) in [6.45, 7) is 9.70. The maximum absolute atomic E-state index is 5.48. The van der Waals surface area contributed by atoms with Gasteiger partial charge in [-0.3, -0.25) is 0 Å². The lowest BCUT2D eigenvalue weighted by Crippen LogP contribution is -2.46. The van der Waals surface area contributed by atoms with Crippen molar-refractivity contribution >= 4 is 8.07 Å². The van der Waals surface area contributed by atoms with Crippen LogP contribution in [0.1, 0.15) is 18.1 Å². The Morgan fingerprint density at radius 2 is 1.18 bits per heavy atom. The van der Waals surface area contributed by atoms with Crippen molar-refractivity contribution in [2.45, 2.75) is 31.6 Å². The van der Waals surface area contributed by atoms with E-state index in [0.29, 0.717) is 0 Å². The Kier molecular flexibility index (Phi) is 3.37. The number of ether oxygens (including phenoxy) is 2. The van der Waals surface area contributed by atoms with Gasteiger partial charge in [-0.05, 0) is 46.5 Å². The Labute approximate surface area is 134 Å². The first-order chi connectivity index (χ1) is 10.3. The van der Waals surface area contributed by atoms with Crippen molar-refractivity contribution in [3.05, 3.63) is 47.5 Å². The molecular weight excluding hydrogens is 288 g/mol. The van der Waals surface area contributed by atoms with Crippen LogP contribution in [0, 0.1) is 0 Å². The van der Waals surface area contributed by atoms with E-state index in [1.807, 2.05) is 0 Å². The Morgan fingerprint density at radius 1 is 0.773 bits per heavy atom. The van der Waals surface area contributed by atoms with Crippen LogP contribution in [-0.4, -0.2) is 22.3 Å². The van der Waals surface area contributed by atoms with E-state index in [0.717, 1.165) is 11.5 Å². The Morgan fingerprint density at radius 3 is 1.50 bits per heavy atom. The third-order valence-corrected chi connectivity index (χ3v) is 8.86. The summed E-state index contributed by atoms with van der Waals surface area (Å²) in [6.07, 6.45) is 0. The first kappa shape index (κ1) is 15.2. The van der Waals surface area contributed by atoms with Gasteiger partial charge in [-0.15, -0.1) is 0 Å². The summed E-state index contributed by atoms with van der Waals surface area (Å²) in [5, 5.41) is 0.0563. The van der Waals surface area contributed by atoms with Crippen molar-refractivity contribution in [3.63, 3.8) is 0 Å². The van der Waals surface area contributed by atoms with E-state index < -0.39 is 8.07 Å². The number of fused-ring (bicyclic) bond motifs is 3. The van der Waals surface area contributed by atoms with Crippen molar-refractivity contribution < 1.29 is 9.47 Å². The SMILES string of the molecule is COc1ccc2c(c1)C(C)([Si](C)(C)C)c1cc(OC)ccc1-2. The van der Waals surface area contributed by atoms with Gasteiger partial charge < -0.3 is 9.47 Å². The summed E-state index contributed by atoms with van der Waals surface area (Å²) < 4.78 is 11.0. The first-order valence-corrected chi connectivity index (χ1v) is 11.2. The third kappa shape index (κ3) is 1.92. The van der Waals surface area contributed by atoms with E-state index in [2.05, 4.69) is 63.0 Å². The first-order valence-electron chi connectivity index (χ1n) is 7.70. The predicted molar refractivity (Wildman–Crippen MR) is 94.8 cm³/mol. The maximum Gasteiger partial charge on any atom is 0.119 e. The zero-order chi connectivity index (χ0) is 16.1. The predicted octanol–water partition coefficient (Wildman–Crippen LogP) is 4.87. The van der Waals surface area contributed by atoms with Gasteiger partial charge in [0.25, 0.3) is 0 Å². The summed E-state index contributed by atoms with van der Waals surface area (Å²) in [4.78, 5) is 0. The average Bonchev–Trinajstić information content (AvgIpc) is 2.76. The Hall–Kier alpha value is -1.74. The van der Waals surface area contributed by atoms with E-state index in [9.17, 15) is 0 Å². The average molecular weight is 312 g/mol. The molecule has 0 saturated carbocycles. The molecule has 0 bridgehead atoms. The van der Waals surface area contributed by atoms with Crippen molar-refractivity contribution in [1.82, 2.24) is 0 Å². The molecule has 2 nitrogen and oxygen atoms in total. The van der Waals surface area contributed by atoms with Crippen LogP contribution in [0.25, 0.3) is 11.1 Å². The van der Waals surface area contributed by atoms with E-state index in [4.69, 9.17) is 9.47 Å². The molecule has 0 spiro atoms. The van der Waals surface area contributed by atoms with Gasteiger partial charge in [-0.25, -0.2) is 0 Å². The quantitative estimate of drug-likeness (QED) is 0.753. The van der Waals surface area contributed by atoms with Gasteiger partial charge in [0.05, 0.1) is 22.3 Å². The van der Waals surface area contributed by atoms with Gasteiger partial charge in [0.2, 0.25) is 0 Å². The van der Waals surface area contributed by atoms with Gasteiger partial charge in [-0.2, -0.15) is 0 Å². The molecule has 0 radical (unpaired) electrons. The number of rotatable bonds is 3. The zero-order valence-corrected chi connectivity index (χ0v) is 15.3. The lowest BCUT2D eigenvalue weighted by atomic mass is 9.97. The molecule has 3 rings (SSSR count). The molecular formula is C19H24O2Si. The number of benzene rings is 2. The van der Waals surface area contributed by atoms with Crippen LogP contribution in [0.3, 0.4) is 0 Å². The highest BCUT2D eigenvalue weighted by atomic mass is 28.3. The van der Waals surface area contributed by atoms with Crippen molar-refractivity contribution in [2.75, 3.05) is 14.2 Å². The van der Waals surface area contributed by atoms with E-state index in [1.165, 1.54) is 22.3 Å². The molecule has 0 saturated heterocycles. The highest BCUT2D eigenvalue weighted by molar-refractivity contribution is 6.80. The van der Waals surface area contributed by atoms with Crippen LogP contribution in [0.4, 0.5) is 0 Å². The molecule has 0 fully saturated rings. The summed E-state index contributed by atoms with van der Waals surface area (Å²) in [7, 11) is 1.94. The van der Waals surface area contributed by atoms with Crippen molar-refractivity contribution in [2.24, 2.45) is 0 Å². The lowest BCUT2D eigenvalue weighted by molar-refractivity contribution is 0.413. The summed E-state index contributed by atoms with van der Waals surface area (Å²) in [5.74, 6) is 1.87. The smallest absolute Gasteiger partial charge is 0.119 e. The highest BCUT2D eigenvalue weighted by Crippen LogP contribution is 2.54. The van der Waals surface area contributed by atoms with Gasteiger partial charge in [-0.1, -0.05) is 38.7 Å². The van der Waals surface area contributed by atoms with Crippen molar-refractivity contribution in [3.8, 4) is 22.6 Å². The lowest BCUT2D eigenvalue weighted by Gasteiger charge is -2.39. The number of hydrogen-bond donors (Lipinski definition) is 0. The Bertz CT molecular complexity index is 675. The summed E-state index contributed by atoms with van der Waals surface area (Å²) in [6, 6.07) is 13.0. The molecule has 1 aliphatic carbocycles. The molecule has 0 unspecified atom stereocenters. The standard InChI is InChI=1S/C19H24O2Si/c1-19(22(4,5)6)17-11-13(20-2)7-9-15(17)16-10-8-14(21-3)12-18(16)19/h7-12H,1-6H3. The third-order valence-electron chi connectivity index (χ3n) is 5.32. The maximum atomic E-state index is 5.48. The second-order valence-corrected chi connectivity index (χ2v) is 12.7. The summed E-state index contributed by atoms with van der Waals surface area (Å²) >= 11 is 0. The molecule has 116 valence electrons. The van der Waals surface area contributed by atoms with Gasteiger partial charge in [0.1, 0.15) is 11.5 Å². The fraction of sp³-hybridized carbons (Fsp3) is 0.368. The molecule has 22 heavy (non-hydrogen) atoms. The molecule has 2 aromatic carbocycles. The minimum Gasteiger partial charge on any atom is -0.497 e. The second-order valence-electron chi connectivity index (χ2n) is 7.20. The molecule has 0 atom stereocenters. The molecule has 0 amide bonds. The summed E-state index contributed by atoms with van der Waals surface area (Å²) in [5.41, 5.74) is 5.47. The topological polar surface area (TPSA) is 18.5 Å². The van der Waals surface area contributed by atoms with Gasteiger partial charge in [0.15, 0.2) is 0 Å². The second kappa shape index (κ2) is 4.88. The van der Waals surface area contributed by atoms with Crippen LogP contribution >= 0.6 is 0 Å². The number of hydrogen-bond acceptors (Lipinski definition) is 2. The van der Waals surface area contributed by atoms with Crippen LogP contribution < -0.4 is 9.47 Å². The minimum atomic E-state index is -1.53. The fourth-order valence-electron chi connectivity index (χ4n) is 3.55. The number of methoxy groups -OCH3 is 2. The van der Waals surface area contributed by atoms with Crippen LogP contribution in [-0.2, 0) is 5.04 Å². The molecule has 0 aromatic heterocycles. The molecule has 0 heterocycles. The fourth-order valence-corrected chi connectivity index (χ4v) is 5.58. The molecule has 0 N–H and O–H groups in total. The van der Waals surface area contributed by atoms with E-state index in [-0.39, 0.29) is 5.04 Å².